The van der Waals surface area contributed by atoms with Gasteiger partial charge in [0, 0.05) is 13.1 Å². The summed E-state index contributed by atoms with van der Waals surface area (Å²) in [4.78, 5) is 8.31. The molecule has 0 fully saturated rings. The third-order valence-electron chi connectivity index (χ3n) is 2.75. The summed E-state index contributed by atoms with van der Waals surface area (Å²) in [6, 6.07) is 0. The van der Waals surface area contributed by atoms with E-state index in [1.165, 1.54) is 5.57 Å². The average Bonchev–Trinajstić information content (AvgIpc) is 2.41. The molecule has 0 saturated carbocycles. The van der Waals surface area contributed by atoms with Crippen LogP contribution in [0.3, 0.4) is 0 Å². The van der Waals surface area contributed by atoms with Crippen molar-refractivity contribution < 1.29 is 4.74 Å². The SMILES string of the molecule is COc1cnc(NCCC2=CCNCC2)nc1. The smallest absolute Gasteiger partial charge is 0.222 e. The van der Waals surface area contributed by atoms with Crippen molar-refractivity contribution in [3.63, 3.8) is 0 Å². The maximum atomic E-state index is 5.00. The van der Waals surface area contributed by atoms with Crippen molar-refractivity contribution in [3.8, 4) is 5.75 Å². The van der Waals surface area contributed by atoms with Gasteiger partial charge in [-0.25, -0.2) is 9.97 Å². The third kappa shape index (κ3) is 3.71. The zero-order chi connectivity index (χ0) is 11.9. The van der Waals surface area contributed by atoms with Crippen LogP contribution >= 0.6 is 0 Å². The van der Waals surface area contributed by atoms with Crippen molar-refractivity contribution in [2.24, 2.45) is 0 Å². The molecule has 5 nitrogen and oxygen atoms in total. The first-order valence-electron chi connectivity index (χ1n) is 5.87. The zero-order valence-electron chi connectivity index (χ0n) is 10.1. The molecule has 2 heterocycles. The number of aromatic nitrogens is 2. The Kier molecular flexibility index (Phi) is 4.32. The van der Waals surface area contributed by atoms with E-state index in [1.54, 1.807) is 19.5 Å². The van der Waals surface area contributed by atoms with Gasteiger partial charge in [0.1, 0.15) is 0 Å². The van der Waals surface area contributed by atoms with E-state index in [-0.39, 0.29) is 0 Å². The minimum Gasteiger partial charge on any atom is -0.494 e. The number of hydrogen-bond donors (Lipinski definition) is 2. The van der Waals surface area contributed by atoms with E-state index in [2.05, 4.69) is 26.7 Å². The summed E-state index contributed by atoms with van der Waals surface area (Å²) in [6.07, 6.45) is 7.79. The Balaban J connectivity index is 1.75. The van der Waals surface area contributed by atoms with E-state index in [0.29, 0.717) is 11.7 Å². The van der Waals surface area contributed by atoms with Crippen LogP contribution in [0.15, 0.2) is 24.0 Å². The van der Waals surface area contributed by atoms with Crippen LogP contribution in [0.25, 0.3) is 0 Å². The molecule has 5 heteroatoms. The Labute approximate surface area is 101 Å². The van der Waals surface area contributed by atoms with Crippen molar-refractivity contribution in [2.75, 3.05) is 32.1 Å². The molecule has 17 heavy (non-hydrogen) atoms. The maximum Gasteiger partial charge on any atom is 0.222 e. The molecule has 0 amide bonds. The monoisotopic (exact) mass is 234 g/mol. The van der Waals surface area contributed by atoms with Gasteiger partial charge in [0.2, 0.25) is 5.95 Å². The summed E-state index contributed by atoms with van der Waals surface area (Å²) in [5, 5.41) is 6.50. The van der Waals surface area contributed by atoms with Gasteiger partial charge in [0.15, 0.2) is 5.75 Å². The average molecular weight is 234 g/mol. The molecular formula is C12H18N4O. The predicted octanol–water partition coefficient (Wildman–Crippen LogP) is 1.21. The molecule has 1 aliphatic heterocycles. The van der Waals surface area contributed by atoms with E-state index in [0.717, 1.165) is 32.5 Å². The third-order valence-corrected chi connectivity index (χ3v) is 2.75. The molecule has 2 rings (SSSR count). The molecule has 1 aromatic rings. The molecule has 0 unspecified atom stereocenters. The second-order valence-corrected chi connectivity index (χ2v) is 3.94. The first kappa shape index (κ1) is 11.9. The van der Waals surface area contributed by atoms with E-state index in [1.807, 2.05) is 0 Å². The molecule has 92 valence electrons. The van der Waals surface area contributed by atoms with E-state index < -0.39 is 0 Å². The van der Waals surface area contributed by atoms with Crippen molar-refractivity contribution in [1.29, 1.82) is 0 Å². The molecule has 0 radical (unpaired) electrons. The normalized spacial score (nSPS) is 15.2. The number of nitrogens with zero attached hydrogens (tertiary/aromatic N) is 2. The lowest BCUT2D eigenvalue weighted by atomic mass is 10.1. The van der Waals surface area contributed by atoms with Crippen molar-refractivity contribution in [3.05, 3.63) is 24.0 Å². The highest BCUT2D eigenvalue weighted by atomic mass is 16.5. The number of anilines is 1. The Morgan fingerprint density at radius 1 is 1.41 bits per heavy atom. The molecule has 0 aromatic carbocycles. The van der Waals surface area contributed by atoms with E-state index in [9.17, 15) is 0 Å². The quantitative estimate of drug-likeness (QED) is 0.750. The fourth-order valence-corrected chi connectivity index (χ4v) is 1.74. The first-order chi connectivity index (χ1) is 8.38. The van der Waals surface area contributed by atoms with Crippen LogP contribution < -0.4 is 15.4 Å². The number of ether oxygens (including phenoxy) is 1. The lowest BCUT2D eigenvalue weighted by molar-refractivity contribution is 0.411. The Morgan fingerprint density at radius 3 is 2.88 bits per heavy atom. The molecule has 0 aliphatic carbocycles. The fraction of sp³-hybridized carbons (Fsp3) is 0.500. The van der Waals surface area contributed by atoms with Crippen LogP contribution in [0.2, 0.25) is 0 Å². The molecule has 1 aliphatic rings. The van der Waals surface area contributed by atoms with Gasteiger partial charge in [-0.3, -0.25) is 0 Å². The number of methoxy groups -OCH3 is 1. The van der Waals surface area contributed by atoms with Crippen molar-refractivity contribution in [1.82, 2.24) is 15.3 Å². The number of hydrogen-bond acceptors (Lipinski definition) is 5. The fourth-order valence-electron chi connectivity index (χ4n) is 1.74. The van der Waals surface area contributed by atoms with E-state index in [4.69, 9.17) is 4.74 Å². The molecule has 0 spiro atoms. The van der Waals surface area contributed by atoms with Crippen LogP contribution in [0.4, 0.5) is 5.95 Å². The van der Waals surface area contributed by atoms with Crippen LogP contribution in [0.5, 0.6) is 5.75 Å². The van der Waals surface area contributed by atoms with Crippen LogP contribution in [-0.4, -0.2) is 36.7 Å². The largest absolute Gasteiger partial charge is 0.494 e. The lowest BCUT2D eigenvalue weighted by Crippen LogP contribution is -2.21. The zero-order valence-corrected chi connectivity index (χ0v) is 10.1. The Hall–Kier alpha value is -1.62. The highest BCUT2D eigenvalue weighted by molar-refractivity contribution is 5.27. The number of nitrogens with one attached hydrogen (secondary N) is 2. The summed E-state index contributed by atoms with van der Waals surface area (Å²) < 4.78 is 5.00. The first-order valence-corrected chi connectivity index (χ1v) is 5.87. The molecule has 0 atom stereocenters. The van der Waals surface area contributed by atoms with Gasteiger partial charge in [-0.1, -0.05) is 11.6 Å². The summed E-state index contributed by atoms with van der Waals surface area (Å²) in [6.45, 7) is 2.96. The van der Waals surface area contributed by atoms with Gasteiger partial charge in [-0.05, 0) is 19.4 Å². The van der Waals surface area contributed by atoms with Crippen LogP contribution in [-0.2, 0) is 0 Å². The predicted molar refractivity (Wildman–Crippen MR) is 67.3 cm³/mol. The second-order valence-electron chi connectivity index (χ2n) is 3.94. The minimum atomic E-state index is 0.653. The second kappa shape index (κ2) is 6.20. The standard InChI is InChI=1S/C12H18N4O/c1-17-11-8-15-12(16-9-11)14-7-4-10-2-5-13-6-3-10/h2,8-9,13H,3-7H2,1H3,(H,14,15,16). The van der Waals surface area contributed by atoms with Gasteiger partial charge >= 0.3 is 0 Å². The molecule has 0 bridgehead atoms. The minimum absolute atomic E-state index is 0.653. The van der Waals surface area contributed by atoms with Crippen LogP contribution in [0, 0.1) is 0 Å². The summed E-state index contributed by atoms with van der Waals surface area (Å²) in [5.74, 6) is 1.33. The van der Waals surface area contributed by atoms with Gasteiger partial charge < -0.3 is 15.4 Å². The van der Waals surface area contributed by atoms with Gasteiger partial charge in [-0.2, -0.15) is 0 Å². The van der Waals surface area contributed by atoms with Gasteiger partial charge in [0.25, 0.3) is 0 Å². The van der Waals surface area contributed by atoms with Gasteiger partial charge in [0.05, 0.1) is 19.5 Å². The molecular weight excluding hydrogens is 216 g/mol. The number of rotatable bonds is 5. The highest BCUT2D eigenvalue weighted by Gasteiger charge is 2.03. The van der Waals surface area contributed by atoms with Crippen LogP contribution in [0.1, 0.15) is 12.8 Å². The topological polar surface area (TPSA) is 59.1 Å². The Morgan fingerprint density at radius 2 is 2.24 bits per heavy atom. The highest BCUT2D eigenvalue weighted by Crippen LogP contribution is 2.10. The molecule has 1 aromatic heterocycles. The van der Waals surface area contributed by atoms with E-state index >= 15 is 0 Å². The molecule has 2 N–H and O–H groups in total. The summed E-state index contributed by atoms with van der Waals surface area (Å²) in [5.41, 5.74) is 1.50. The van der Waals surface area contributed by atoms with Gasteiger partial charge in [-0.15, -0.1) is 0 Å². The lowest BCUT2D eigenvalue weighted by Gasteiger charge is -2.14. The van der Waals surface area contributed by atoms with Crippen molar-refractivity contribution >= 4 is 5.95 Å². The summed E-state index contributed by atoms with van der Waals surface area (Å²) in [7, 11) is 1.61. The van der Waals surface area contributed by atoms with Crippen molar-refractivity contribution in [2.45, 2.75) is 12.8 Å². The maximum absolute atomic E-state index is 5.00. The molecule has 0 saturated heterocycles. The Bertz CT molecular complexity index is 375. The summed E-state index contributed by atoms with van der Waals surface area (Å²) >= 11 is 0.